The van der Waals surface area contributed by atoms with E-state index in [1.165, 1.54) is 0 Å². The number of alkyl halides is 1. The van der Waals surface area contributed by atoms with Crippen LogP contribution in [0, 0.1) is 0 Å². The van der Waals surface area contributed by atoms with Crippen molar-refractivity contribution in [3.63, 3.8) is 0 Å². The van der Waals surface area contributed by atoms with Crippen molar-refractivity contribution in [1.29, 1.82) is 0 Å². The molecule has 2 aromatic rings. The van der Waals surface area contributed by atoms with Gasteiger partial charge in [-0.25, -0.2) is 18.1 Å². The van der Waals surface area contributed by atoms with Gasteiger partial charge in [-0.2, -0.15) is 0 Å². The molecule has 7 heteroatoms. The molecule has 0 saturated carbocycles. The minimum Gasteiger partial charge on any atom is -0.347 e. The highest BCUT2D eigenvalue weighted by atomic mass is 79.9. The van der Waals surface area contributed by atoms with Crippen LogP contribution in [0.1, 0.15) is 30.8 Å². The Bertz CT molecular complexity index is 639. The molecule has 0 aliphatic rings. The molecule has 2 N–H and O–H groups in total. The summed E-state index contributed by atoms with van der Waals surface area (Å²) in [6.45, 7) is 1.91. The summed E-state index contributed by atoms with van der Waals surface area (Å²) < 4.78 is 27.3. The van der Waals surface area contributed by atoms with Crippen molar-refractivity contribution < 1.29 is 8.42 Å². The lowest BCUT2D eigenvalue weighted by molar-refractivity contribution is 0.539. The number of H-pyrrole nitrogens is 1. The molecule has 0 spiro atoms. The Labute approximate surface area is 127 Å². The van der Waals surface area contributed by atoms with E-state index in [-0.39, 0.29) is 10.9 Å². The number of nitrogens with one attached hydrogen (secondary N) is 2. The average molecular weight is 358 g/mol. The molecule has 1 aromatic heterocycles. The lowest BCUT2D eigenvalue weighted by atomic mass is 10.2. The van der Waals surface area contributed by atoms with Crippen molar-refractivity contribution in [3.05, 3.63) is 48.0 Å². The third kappa shape index (κ3) is 3.47. The maximum Gasteiger partial charge on any atom is 0.241 e. The zero-order valence-electron chi connectivity index (χ0n) is 11.0. The molecule has 0 saturated heterocycles. The average Bonchev–Trinajstić information content (AvgIpc) is 2.99. The molecule has 1 unspecified atom stereocenters. The molecule has 0 aliphatic heterocycles. The highest BCUT2D eigenvalue weighted by molar-refractivity contribution is 9.08. The van der Waals surface area contributed by atoms with Gasteiger partial charge in [-0.15, -0.1) is 0 Å². The van der Waals surface area contributed by atoms with Crippen LogP contribution >= 0.6 is 15.9 Å². The number of imidazole rings is 1. The number of halogens is 1. The van der Waals surface area contributed by atoms with Gasteiger partial charge in [0.15, 0.2) is 0 Å². The van der Waals surface area contributed by atoms with Crippen LogP contribution in [0.2, 0.25) is 0 Å². The second-order valence-corrected chi connectivity index (χ2v) is 6.61. The van der Waals surface area contributed by atoms with Gasteiger partial charge in [0, 0.05) is 17.7 Å². The van der Waals surface area contributed by atoms with E-state index in [2.05, 4.69) is 30.6 Å². The Kier molecular flexibility index (Phi) is 4.95. The lowest BCUT2D eigenvalue weighted by Crippen LogP contribution is -2.29. The van der Waals surface area contributed by atoms with E-state index in [0.717, 1.165) is 5.56 Å². The molecule has 2 rings (SSSR count). The Morgan fingerprint density at radius 1 is 1.35 bits per heavy atom. The fourth-order valence-corrected chi connectivity index (χ4v) is 3.47. The summed E-state index contributed by atoms with van der Waals surface area (Å²) in [6.07, 6.45) is 3.90. The highest BCUT2D eigenvalue weighted by Crippen LogP contribution is 2.18. The number of hydrogen-bond donors (Lipinski definition) is 2. The SMILES string of the molecule is CCC(NS(=O)(=O)c1ccc(CBr)cc1)c1ncc[nH]1. The summed E-state index contributed by atoms with van der Waals surface area (Å²) in [5.74, 6) is 0.619. The van der Waals surface area contributed by atoms with Crippen LogP contribution in [-0.4, -0.2) is 18.4 Å². The smallest absolute Gasteiger partial charge is 0.241 e. The molecule has 0 amide bonds. The van der Waals surface area contributed by atoms with Crippen LogP contribution in [0.4, 0.5) is 0 Å². The Balaban J connectivity index is 2.21. The first kappa shape index (κ1) is 15.2. The molecule has 0 fully saturated rings. The molecule has 5 nitrogen and oxygen atoms in total. The maximum absolute atomic E-state index is 12.3. The monoisotopic (exact) mass is 357 g/mol. The summed E-state index contributed by atoms with van der Waals surface area (Å²) in [5.41, 5.74) is 1.03. The van der Waals surface area contributed by atoms with Crippen molar-refractivity contribution in [2.45, 2.75) is 29.6 Å². The first-order chi connectivity index (χ1) is 9.56. The normalized spacial score (nSPS) is 13.3. The minimum atomic E-state index is -3.55. The standard InChI is InChI=1S/C13H16BrN3O2S/c1-2-12(13-15-7-8-16-13)17-20(18,19)11-5-3-10(9-14)4-6-11/h3-8,12,17H,2,9H2,1H3,(H,15,16). The first-order valence-corrected chi connectivity index (χ1v) is 8.83. The van der Waals surface area contributed by atoms with E-state index in [4.69, 9.17) is 0 Å². The summed E-state index contributed by atoms with van der Waals surface area (Å²) in [7, 11) is -3.55. The largest absolute Gasteiger partial charge is 0.347 e. The topological polar surface area (TPSA) is 74.8 Å². The van der Waals surface area contributed by atoms with Crippen molar-refractivity contribution in [3.8, 4) is 0 Å². The van der Waals surface area contributed by atoms with Crippen molar-refractivity contribution >= 4 is 26.0 Å². The van der Waals surface area contributed by atoms with Crippen LogP contribution in [-0.2, 0) is 15.4 Å². The van der Waals surface area contributed by atoms with Crippen LogP contribution in [0.15, 0.2) is 41.6 Å². The van der Waals surface area contributed by atoms with Gasteiger partial charge in [0.05, 0.1) is 10.9 Å². The lowest BCUT2D eigenvalue weighted by Gasteiger charge is -2.15. The highest BCUT2D eigenvalue weighted by Gasteiger charge is 2.21. The third-order valence-electron chi connectivity index (χ3n) is 2.94. The van der Waals surface area contributed by atoms with Crippen LogP contribution < -0.4 is 4.72 Å². The van der Waals surface area contributed by atoms with Gasteiger partial charge in [-0.1, -0.05) is 35.0 Å². The quantitative estimate of drug-likeness (QED) is 0.780. The van der Waals surface area contributed by atoms with Crippen molar-refractivity contribution in [2.75, 3.05) is 0 Å². The van der Waals surface area contributed by atoms with Crippen LogP contribution in [0.3, 0.4) is 0 Å². The second kappa shape index (κ2) is 6.51. The minimum absolute atomic E-state index is 0.257. The fourth-order valence-electron chi connectivity index (χ4n) is 1.81. The molecule has 0 aliphatic carbocycles. The van der Waals surface area contributed by atoms with E-state index in [1.807, 2.05) is 6.92 Å². The zero-order valence-corrected chi connectivity index (χ0v) is 13.4. The van der Waals surface area contributed by atoms with E-state index in [0.29, 0.717) is 17.6 Å². The Hall–Kier alpha value is -1.18. The maximum atomic E-state index is 12.3. The van der Waals surface area contributed by atoms with Crippen LogP contribution in [0.25, 0.3) is 0 Å². The van der Waals surface area contributed by atoms with E-state index in [1.54, 1.807) is 36.7 Å². The predicted molar refractivity (Wildman–Crippen MR) is 81.0 cm³/mol. The number of sulfonamides is 1. The van der Waals surface area contributed by atoms with Crippen molar-refractivity contribution in [1.82, 2.24) is 14.7 Å². The summed E-state index contributed by atoms with van der Waals surface area (Å²) >= 11 is 3.33. The van der Waals surface area contributed by atoms with Gasteiger partial charge in [0.1, 0.15) is 5.82 Å². The Morgan fingerprint density at radius 3 is 2.55 bits per heavy atom. The molecule has 1 aromatic carbocycles. The number of hydrogen-bond acceptors (Lipinski definition) is 3. The molecular formula is C13H16BrN3O2S. The molecule has 20 heavy (non-hydrogen) atoms. The summed E-state index contributed by atoms with van der Waals surface area (Å²) in [6, 6.07) is 6.43. The van der Waals surface area contributed by atoms with Gasteiger partial charge in [0.2, 0.25) is 10.0 Å². The van der Waals surface area contributed by atoms with E-state index in [9.17, 15) is 8.42 Å². The zero-order chi connectivity index (χ0) is 14.6. The molecule has 0 bridgehead atoms. The summed E-state index contributed by atoms with van der Waals surface area (Å²) in [5, 5.41) is 0.699. The molecule has 0 radical (unpaired) electrons. The fraction of sp³-hybridized carbons (Fsp3) is 0.308. The molecule has 108 valence electrons. The number of benzene rings is 1. The predicted octanol–water partition coefficient (Wildman–Crippen LogP) is 2.73. The van der Waals surface area contributed by atoms with E-state index >= 15 is 0 Å². The Morgan fingerprint density at radius 2 is 2.05 bits per heavy atom. The van der Waals surface area contributed by atoms with Gasteiger partial charge in [-0.3, -0.25) is 0 Å². The number of nitrogens with zero attached hydrogens (tertiary/aromatic N) is 1. The van der Waals surface area contributed by atoms with Gasteiger partial charge in [0.25, 0.3) is 0 Å². The first-order valence-electron chi connectivity index (χ1n) is 6.23. The van der Waals surface area contributed by atoms with E-state index < -0.39 is 10.0 Å². The molecule has 1 atom stereocenters. The van der Waals surface area contributed by atoms with Gasteiger partial charge in [-0.05, 0) is 24.1 Å². The molecule has 1 heterocycles. The second-order valence-electron chi connectivity index (χ2n) is 4.33. The van der Waals surface area contributed by atoms with Crippen LogP contribution in [0.5, 0.6) is 0 Å². The number of rotatable bonds is 6. The summed E-state index contributed by atoms with van der Waals surface area (Å²) in [4.78, 5) is 7.30. The van der Waals surface area contributed by atoms with Gasteiger partial charge >= 0.3 is 0 Å². The van der Waals surface area contributed by atoms with Gasteiger partial charge < -0.3 is 4.98 Å². The third-order valence-corrected chi connectivity index (χ3v) is 5.08. The number of aromatic nitrogens is 2. The number of aromatic amines is 1. The molecular weight excluding hydrogens is 342 g/mol. The van der Waals surface area contributed by atoms with Crippen molar-refractivity contribution in [2.24, 2.45) is 0 Å².